The minimum atomic E-state index is 0.298. The van der Waals surface area contributed by atoms with Crippen LogP contribution >= 0.6 is 0 Å². The molecular weight excluding hydrogens is 188 g/mol. The summed E-state index contributed by atoms with van der Waals surface area (Å²) in [6.07, 6.45) is 5.11. The van der Waals surface area contributed by atoms with Crippen LogP contribution in [0.15, 0.2) is 0 Å². The normalized spacial score (nSPS) is 25.9. The molecule has 1 unspecified atom stereocenters. The Hall–Kier alpha value is -0.570. The standard InChI is InChI=1S/C12H22N2O/c1-2-10-5-6-14(9-10)12(15)8-13-7-11-3-4-11/h10-11,13H,2-9H2,1H3. The molecule has 0 spiro atoms. The number of hydrogen-bond acceptors (Lipinski definition) is 2. The summed E-state index contributed by atoms with van der Waals surface area (Å²) in [5.74, 6) is 1.91. The molecule has 15 heavy (non-hydrogen) atoms. The van der Waals surface area contributed by atoms with E-state index in [-0.39, 0.29) is 0 Å². The molecule has 2 aliphatic rings. The fraction of sp³-hybridized carbons (Fsp3) is 0.917. The van der Waals surface area contributed by atoms with Crippen LogP contribution in [-0.2, 0) is 4.79 Å². The summed E-state index contributed by atoms with van der Waals surface area (Å²) in [6.45, 7) is 5.76. The van der Waals surface area contributed by atoms with Crippen LogP contribution in [0.2, 0.25) is 0 Å². The molecule has 3 nitrogen and oxygen atoms in total. The van der Waals surface area contributed by atoms with Gasteiger partial charge in [0.25, 0.3) is 0 Å². The van der Waals surface area contributed by atoms with Crippen LogP contribution in [0, 0.1) is 11.8 Å². The van der Waals surface area contributed by atoms with Gasteiger partial charge in [0.05, 0.1) is 6.54 Å². The maximum Gasteiger partial charge on any atom is 0.236 e. The number of carbonyl (C=O) groups is 1. The van der Waals surface area contributed by atoms with Crippen LogP contribution < -0.4 is 5.32 Å². The van der Waals surface area contributed by atoms with E-state index in [4.69, 9.17) is 0 Å². The van der Waals surface area contributed by atoms with E-state index in [1.54, 1.807) is 0 Å². The molecule has 2 fully saturated rings. The summed E-state index contributed by atoms with van der Waals surface area (Å²) in [5, 5.41) is 3.27. The second-order valence-corrected chi connectivity index (χ2v) is 4.98. The Labute approximate surface area is 92.2 Å². The second kappa shape index (κ2) is 4.97. The summed E-state index contributed by atoms with van der Waals surface area (Å²) >= 11 is 0. The SMILES string of the molecule is CCC1CCN(C(=O)CNCC2CC2)C1. The lowest BCUT2D eigenvalue weighted by Gasteiger charge is -2.16. The number of carbonyl (C=O) groups excluding carboxylic acids is 1. The van der Waals surface area contributed by atoms with Crippen molar-refractivity contribution in [2.45, 2.75) is 32.6 Å². The van der Waals surface area contributed by atoms with Gasteiger partial charge in [0.2, 0.25) is 5.91 Å². The highest BCUT2D eigenvalue weighted by atomic mass is 16.2. The summed E-state index contributed by atoms with van der Waals surface area (Å²) in [6, 6.07) is 0. The zero-order valence-corrected chi connectivity index (χ0v) is 9.67. The van der Waals surface area contributed by atoms with Crippen molar-refractivity contribution in [1.82, 2.24) is 10.2 Å². The summed E-state index contributed by atoms with van der Waals surface area (Å²) < 4.78 is 0. The molecule has 1 atom stereocenters. The van der Waals surface area contributed by atoms with Gasteiger partial charge in [-0.1, -0.05) is 13.3 Å². The molecular formula is C12H22N2O. The molecule has 1 aliphatic carbocycles. The van der Waals surface area contributed by atoms with Gasteiger partial charge < -0.3 is 10.2 Å². The molecule has 0 radical (unpaired) electrons. The first-order valence-electron chi connectivity index (χ1n) is 6.28. The molecule has 1 heterocycles. The average Bonchev–Trinajstić information content (AvgIpc) is 2.94. The van der Waals surface area contributed by atoms with Crippen molar-refractivity contribution < 1.29 is 4.79 Å². The number of amides is 1. The molecule has 3 heteroatoms. The molecule has 0 bridgehead atoms. The number of hydrogen-bond donors (Lipinski definition) is 1. The average molecular weight is 210 g/mol. The molecule has 0 aromatic heterocycles. The fourth-order valence-electron chi connectivity index (χ4n) is 2.21. The summed E-state index contributed by atoms with van der Waals surface area (Å²) in [5.41, 5.74) is 0. The van der Waals surface area contributed by atoms with Crippen LogP contribution in [0.3, 0.4) is 0 Å². The third-order valence-electron chi connectivity index (χ3n) is 3.62. The first-order chi connectivity index (χ1) is 7.29. The van der Waals surface area contributed by atoms with Gasteiger partial charge in [0, 0.05) is 13.1 Å². The lowest BCUT2D eigenvalue weighted by Crippen LogP contribution is -2.37. The molecule has 1 amide bonds. The van der Waals surface area contributed by atoms with Gasteiger partial charge in [-0.2, -0.15) is 0 Å². The molecule has 1 N–H and O–H groups in total. The third kappa shape index (κ3) is 3.20. The van der Waals surface area contributed by atoms with Crippen molar-refractivity contribution in [3.05, 3.63) is 0 Å². The number of nitrogens with zero attached hydrogens (tertiary/aromatic N) is 1. The lowest BCUT2D eigenvalue weighted by molar-refractivity contribution is -0.129. The van der Waals surface area contributed by atoms with Crippen LogP contribution in [0.4, 0.5) is 0 Å². The largest absolute Gasteiger partial charge is 0.341 e. The van der Waals surface area contributed by atoms with Crippen molar-refractivity contribution >= 4 is 5.91 Å². The van der Waals surface area contributed by atoms with Gasteiger partial charge in [0.1, 0.15) is 0 Å². The van der Waals surface area contributed by atoms with Crippen LogP contribution in [0.1, 0.15) is 32.6 Å². The highest BCUT2D eigenvalue weighted by Crippen LogP contribution is 2.27. The zero-order chi connectivity index (χ0) is 10.7. The first kappa shape index (κ1) is 10.9. The van der Waals surface area contributed by atoms with Gasteiger partial charge in [-0.3, -0.25) is 4.79 Å². The molecule has 1 aliphatic heterocycles. The third-order valence-corrected chi connectivity index (χ3v) is 3.62. The highest BCUT2D eigenvalue weighted by molar-refractivity contribution is 5.78. The Bertz CT molecular complexity index is 226. The van der Waals surface area contributed by atoms with Crippen LogP contribution in [0.5, 0.6) is 0 Å². The Balaban J connectivity index is 1.62. The maximum absolute atomic E-state index is 11.8. The van der Waals surface area contributed by atoms with E-state index >= 15 is 0 Å². The number of nitrogens with one attached hydrogen (secondary N) is 1. The van der Waals surface area contributed by atoms with E-state index in [1.807, 2.05) is 4.90 Å². The van der Waals surface area contributed by atoms with Gasteiger partial charge >= 0.3 is 0 Å². The van der Waals surface area contributed by atoms with Crippen molar-refractivity contribution in [2.24, 2.45) is 11.8 Å². The monoisotopic (exact) mass is 210 g/mol. The van der Waals surface area contributed by atoms with E-state index in [1.165, 1.54) is 25.7 Å². The van der Waals surface area contributed by atoms with Gasteiger partial charge in [-0.05, 0) is 37.6 Å². The quantitative estimate of drug-likeness (QED) is 0.740. The number of likely N-dealkylation sites (tertiary alicyclic amines) is 1. The Morgan fingerprint density at radius 2 is 2.13 bits per heavy atom. The van der Waals surface area contributed by atoms with Crippen molar-refractivity contribution in [3.8, 4) is 0 Å². The van der Waals surface area contributed by atoms with Gasteiger partial charge in [0.15, 0.2) is 0 Å². The summed E-state index contributed by atoms with van der Waals surface area (Å²) in [4.78, 5) is 13.8. The highest BCUT2D eigenvalue weighted by Gasteiger charge is 2.25. The van der Waals surface area contributed by atoms with Crippen molar-refractivity contribution in [2.75, 3.05) is 26.2 Å². The summed E-state index contributed by atoms with van der Waals surface area (Å²) in [7, 11) is 0. The minimum Gasteiger partial charge on any atom is -0.341 e. The Morgan fingerprint density at radius 1 is 1.33 bits per heavy atom. The molecule has 1 saturated carbocycles. The Kier molecular flexibility index (Phi) is 3.62. The fourth-order valence-corrected chi connectivity index (χ4v) is 2.21. The Morgan fingerprint density at radius 3 is 2.73 bits per heavy atom. The lowest BCUT2D eigenvalue weighted by atomic mass is 10.1. The molecule has 0 aromatic rings. The van der Waals surface area contributed by atoms with Crippen LogP contribution in [0.25, 0.3) is 0 Å². The van der Waals surface area contributed by atoms with Crippen molar-refractivity contribution in [3.63, 3.8) is 0 Å². The topological polar surface area (TPSA) is 32.3 Å². The predicted octanol–water partition coefficient (Wildman–Crippen LogP) is 1.24. The van der Waals surface area contributed by atoms with E-state index in [0.717, 1.165) is 31.5 Å². The van der Waals surface area contributed by atoms with E-state index < -0.39 is 0 Å². The van der Waals surface area contributed by atoms with E-state index in [9.17, 15) is 4.79 Å². The first-order valence-corrected chi connectivity index (χ1v) is 6.28. The van der Waals surface area contributed by atoms with Crippen molar-refractivity contribution in [1.29, 1.82) is 0 Å². The van der Waals surface area contributed by atoms with Gasteiger partial charge in [-0.25, -0.2) is 0 Å². The zero-order valence-electron chi connectivity index (χ0n) is 9.67. The second-order valence-electron chi connectivity index (χ2n) is 4.98. The minimum absolute atomic E-state index is 0.298. The number of rotatable bonds is 5. The van der Waals surface area contributed by atoms with Crippen LogP contribution in [-0.4, -0.2) is 37.0 Å². The molecule has 2 rings (SSSR count). The molecule has 1 saturated heterocycles. The molecule has 86 valence electrons. The predicted molar refractivity (Wildman–Crippen MR) is 60.6 cm³/mol. The molecule has 0 aromatic carbocycles. The van der Waals surface area contributed by atoms with Gasteiger partial charge in [-0.15, -0.1) is 0 Å². The maximum atomic E-state index is 11.8. The smallest absolute Gasteiger partial charge is 0.236 e. The van der Waals surface area contributed by atoms with E-state index in [2.05, 4.69) is 12.2 Å². The van der Waals surface area contributed by atoms with E-state index in [0.29, 0.717) is 12.5 Å².